The number of nitrogens with one attached hydrogen (secondary N) is 1. The van der Waals surface area contributed by atoms with E-state index in [-0.39, 0.29) is 5.91 Å². The fraction of sp³-hybridized carbons (Fsp3) is 0.143. The van der Waals surface area contributed by atoms with Crippen LogP contribution in [0.4, 0.5) is 5.69 Å². The highest BCUT2D eigenvalue weighted by atomic mass is 16.1. The summed E-state index contributed by atoms with van der Waals surface area (Å²) in [6, 6.07) is 15.2. The Labute approximate surface area is 156 Å². The summed E-state index contributed by atoms with van der Waals surface area (Å²) in [5, 5.41) is 8.34. The van der Waals surface area contributed by atoms with E-state index in [4.69, 9.17) is 0 Å². The van der Waals surface area contributed by atoms with Gasteiger partial charge in [0.2, 0.25) is 0 Å². The Hall–Kier alpha value is -3.54. The van der Waals surface area contributed by atoms with Crippen molar-refractivity contribution in [1.29, 1.82) is 0 Å². The highest BCUT2D eigenvalue weighted by molar-refractivity contribution is 6.13. The molecule has 0 aliphatic heterocycles. The van der Waals surface area contributed by atoms with E-state index >= 15 is 0 Å². The minimum atomic E-state index is -0.197. The number of fused-ring (bicyclic) bond motifs is 1. The van der Waals surface area contributed by atoms with Gasteiger partial charge >= 0.3 is 0 Å². The normalized spacial score (nSPS) is 10.9. The second-order valence-corrected chi connectivity index (χ2v) is 6.43. The van der Waals surface area contributed by atoms with Crippen LogP contribution < -0.4 is 5.32 Å². The van der Waals surface area contributed by atoms with Gasteiger partial charge in [0.15, 0.2) is 5.65 Å². The first-order valence-electron chi connectivity index (χ1n) is 8.70. The van der Waals surface area contributed by atoms with Gasteiger partial charge in [0.05, 0.1) is 33.7 Å². The smallest absolute Gasteiger partial charge is 0.256 e. The highest BCUT2D eigenvalue weighted by Gasteiger charge is 2.20. The summed E-state index contributed by atoms with van der Waals surface area (Å²) in [5.74, 6) is -0.197. The average molecular weight is 357 g/mol. The van der Waals surface area contributed by atoms with Gasteiger partial charge in [-0.2, -0.15) is 5.10 Å². The lowest BCUT2D eigenvalue weighted by Crippen LogP contribution is -2.14. The topological polar surface area (TPSA) is 72.7 Å². The van der Waals surface area contributed by atoms with Crippen molar-refractivity contribution in [3.63, 3.8) is 0 Å². The van der Waals surface area contributed by atoms with Gasteiger partial charge in [0.25, 0.3) is 5.91 Å². The number of para-hydroxylation sites is 1. The van der Waals surface area contributed by atoms with Crippen molar-refractivity contribution in [2.24, 2.45) is 0 Å². The van der Waals surface area contributed by atoms with Gasteiger partial charge in [-0.3, -0.25) is 9.78 Å². The first-order chi connectivity index (χ1) is 13.0. The molecule has 1 N–H and O–H groups in total. The molecule has 0 bridgehead atoms. The number of aromatic nitrogens is 4. The molecular weight excluding hydrogens is 338 g/mol. The highest BCUT2D eigenvalue weighted by Crippen LogP contribution is 2.25. The van der Waals surface area contributed by atoms with Crippen LogP contribution in [-0.4, -0.2) is 25.7 Å². The molecule has 0 saturated carbocycles. The van der Waals surface area contributed by atoms with Crippen LogP contribution in [0.1, 0.15) is 27.4 Å². The number of benzene rings is 1. The van der Waals surface area contributed by atoms with E-state index < -0.39 is 0 Å². The van der Waals surface area contributed by atoms with Gasteiger partial charge in [-0.15, -0.1) is 0 Å². The minimum absolute atomic E-state index is 0.197. The number of aryl methyl sites for hydroxylation is 3. The van der Waals surface area contributed by atoms with Crippen molar-refractivity contribution in [2.45, 2.75) is 20.8 Å². The molecule has 6 heteroatoms. The molecule has 134 valence electrons. The fourth-order valence-corrected chi connectivity index (χ4v) is 3.15. The number of amides is 1. The van der Waals surface area contributed by atoms with Gasteiger partial charge in [-0.25, -0.2) is 9.67 Å². The second kappa shape index (κ2) is 6.64. The first-order valence-corrected chi connectivity index (χ1v) is 8.70. The van der Waals surface area contributed by atoms with Crippen molar-refractivity contribution < 1.29 is 4.79 Å². The lowest BCUT2D eigenvalue weighted by molar-refractivity contribution is 0.102. The van der Waals surface area contributed by atoms with Crippen LogP contribution in [0.2, 0.25) is 0 Å². The molecule has 6 nitrogen and oxygen atoms in total. The van der Waals surface area contributed by atoms with Crippen LogP contribution in [0.3, 0.4) is 0 Å². The molecule has 0 radical (unpaired) electrons. The van der Waals surface area contributed by atoms with Gasteiger partial charge in [-0.1, -0.05) is 18.2 Å². The summed E-state index contributed by atoms with van der Waals surface area (Å²) in [7, 11) is 0. The van der Waals surface area contributed by atoms with Crippen molar-refractivity contribution in [3.05, 3.63) is 77.4 Å². The Bertz CT molecular complexity index is 1150. The lowest BCUT2D eigenvalue weighted by Gasteiger charge is -2.09. The molecule has 0 aliphatic carbocycles. The molecule has 27 heavy (non-hydrogen) atoms. The third-order valence-corrected chi connectivity index (χ3v) is 4.44. The zero-order valence-electron chi connectivity index (χ0n) is 15.4. The van der Waals surface area contributed by atoms with Gasteiger partial charge < -0.3 is 5.32 Å². The summed E-state index contributed by atoms with van der Waals surface area (Å²) in [4.78, 5) is 21.9. The van der Waals surface area contributed by atoms with E-state index in [1.807, 2.05) is 57.2 Å². The zero-order chi connectivity index (χ0) is 19.0. The third kappa shape index (κ3) is 3.06. The third-order valence-electron chi connectivity index (χ3n) is 4.44. The van der Waals surface area contributed by atoms with Crippen molar-refractivity contribution in [1.82, 2.24) is 19.7 Å². The summed E-state index contributed by atoms with van der Waals surface area (Å²) in [6.07, 6.45) is 1.70. The average Bonchev–Trinajstić information content (AvgIpc) is 3.00. The van der Waals surface area contributed by atoms with E-state index in [0.29, 0.717) is 16.9 Å². The molecule has 0 atom stereocenters. The number of carbonyl (C=O) groups is 1. The predicted molar refractivity (Wildman–Crippen MR) is 105 cm³/mol. The van der Waals surface area contributed by atoms with Gasteiger partial charge in [-0.05, 0) is 51.1 Å². The molecule has 3 aromatic heterocycles. The summed E-state index contributed by atoms with van der Waals surface area (Å²) >= 11 is 0. The number of rotatable bonds is 3. The Morgan fingerprint density at radius 2 is 1.78 bits per heavy atom. The van der Waals surface area contributed by atoms with E-state index in [1.54, 1.807) is 23.0 Å². The number of anilines is 1. The Morgan fingerprint density at radius 1 is 1.00 bits per heavy atom. The van der Waals surface area contributed by atoms with Crippen LogP contribution in [0.15, 0.2) is 54.7 Å². The van der Waals surface area contributed by atoms with E-state index in [1.165, 1.54) is 0 Å². The Kier molecular flexibility index (Phi) is 4.16. The van der Waals surface area contributed by atoms with E-state index in [2.05, 4.69) is 20.4 Å². The number of nitrogens with zero attached hydrogens (tertiary/aromatic N) is 4. The molecule has 4 aromatic rings. The summed E-state index contributed by atoms with van der Waals surface area (Å²) in [5.41, 5.74) is 5.11. The number of hydrogen-bond donors (Lipinski definition) is 1. The number of carbonyl (C=O) groups excluding carboxylic acids is 1. The lowest BCUT2D eigenvalue weighted by atomic mass is 10.1. The van der Waals surface area contributed by atoms with Crippen LogP contribution >= 0.6 is 0 Å². The molecule has 0 fully saturated rings. The maximum Gasteiger partial charge on any atom is 0.256 e. The summed E-state index contributed by atoms with van der Waals surface area (Å²) < 4.78 is 1.78. The SMILES string of the molecule is Cc1cc(C(=O)Nc2cccnc2C)c2c(C)nn(-c3ccccc3)c2n1. The standard InChI is InChI=1S/C21H19N5O/c1-13-12-17(21(27)24-18-10-7-11-22-14(18)2)19-15(3)25-26(20(19)23-13)16-8-5-4-6-9-16/h4-12H,1-3H3,(H,24,27). The zero-order valence-corrected chi connectivity index (χ0v) is 15.4. The van der Waals surface area contributed by atoms with E-state index in [0.717, 1.165) is 28.2 Å². The quantitative estimate of drug-likeness (QED) is 0.602. The van der Waals surface area contributed by atoms with Gasteiger partial charge in [0, 0.05) is 11.9 Å². The summed E-state index contributed by atoms with van der Waals surface area (Å²) in [6.45, 7) is 5.63. The Morgan fingerprint density at radius 3 is 2.52 bits per heavy atom. The largest absolute Gasteiger partial charge is 0.320 e. The molecule has 0 spiro atoms. The minimum Gasteiger partial charge on any atom is -0.320 e. The van der Waals surface area contributed by atoms with Crippen LogP contribution in [-0.2, 0) is 0 Å². The maximum absolute atomic E-state index is 13.0. The maximum atomic E-state index is 13.0. The van der Waals surface area contributed by atoms with Crippen LogP contribution in [0.25, 0.3) is 16.7 Å². The van der Waals surface area contributed by atoms with Crippen LogP contribution in [0, 0.1) is 20.8 Å². The molecular formula is C21H19N5O. The Balaban J connectivity index is 1.85. The molecule has 1 amide bonds. The molecule has 0 saturated heterocycles. The predicted octanol–water partition coefficient (Wildman–Crippen LogP) is 3.99. The number of pyridine rings is 2. The fourth-order valence-electron chi connectivity index (χ4n) is 3.15. The monoisotopic (exact) mass is 357 g/mol. The van der Waals surface area contributed by atoms with Crippen LogP contribution in [0.5, 0.6) is 0 Å². The van der Waals surface area contributed by atoms with Crippen molar-refractivity contribution in [3.8, 4) is 5.69 Å². The molecule has 1 aromatic carbocycles. The van der Waals surface area contributed by atoms with E-state index in [9.17, 15) is 4.79 Å². The first kappa shape index (κ1) is 16.9. The van der Waals surface area contributed by atoms with Gasteiger partial charge in [0.1, 0.15) is 0 Å². The number of hydrogen-bond acceptors (Lipinski definition) is 4. The molecule has 0 unspecified atom stereocenters. The molecule has 4 rings (SSSR count). The second-order valence-electron chi connectivity index (χ2n) is 6.43. The molecule has 3 heterocycles. The van der Waals surface area contributed by atoms with Crippen molar-refractivity contribution >= 4 is 22.6 Å². The molecule has 0 aliphatic rings. The van der Waals surface area contributed by atoms with Crippen molar-refractivity contribution in [2.75, 3.05) is 5.32 Å².